The molecule has 0 aliphatic carbocycles. The lowest BCUT2D eigenvalue weighted by Gasteiger charge is -2.14. The Morgan fingerprint density at radius 1 is 1.19 bits per heavy atom. The van der Waals surface area contributed by atoms with Crippen molar-refractivity contribution in [1.82, 2.24) is 5.32 Å². The summed E-state index contributed by atoms with van der Waals surface area (Å²) in [4.78, 5) is 25.0. The van der Waals surface area contributed by atoms with Crippen molar-refractivity contribution in [3.05, 3.63) is 65.2 Å². The highest BCUT2D eigenvalue weighted by atomic mass is 16.5. The number of carbonyl (C=O) groups is 2. The maximum absolute atomic E-state index is 11.6. The zero-order valence-electron chi connectivity index (χ0n) is 15.3. The van der Waals surface area contributed by atoms with Crippen molar-refractivity contribution in [1.29, 1.82) is 0 Å². The predicted molar refractivity (Wildman–Crippen MR) is 104 cm³/mol. The summed E-state index contributed by atoms with van der Waals surface area (Å²) < 4.78 is 5.14. The van der Waals surface area contributed by atoms with Crippen LogP contribution in [-0.2, 0) is 22.6 Å². The second-order valence-electron chi connectivity index (χ2n) is 6.30. The van der Waals surface area contributed by atoms with Crippen molar-refractivity contribution < 1.29 is 14.3 Å². The first-order chi connectivity index (χ1) is 13.1. The Morgan fingerprint density at radius 2 is 2.00 bits per heavy atom. The maximum Gasteiger partial charge on any atom is 0.407 e. The van der Waals surface area contributed by atoms with E-state index in [1.165, 1.54) is 0 Å². The number of ether oxygens (including phenoxy) is 1. The molecule has 0 fully saturated rings. The van der Waals surface area contributed by atoms with Gasteiger partial charge in [-0.15, -0.1) is 0 Å². The first-order valence-corrected chi connectivity index (χ1v) is 8.98. The summed E-state index contributed by atoms with van der Waals surface area (Å²) >= 11 is 0. The second-order valence-corrected chi connectivity index (χ2v) is 6.30. The topological polar surface area (TPSA) is 58.6 Å². The highest BCUT2D eigenvalue weighted by molar-refractivity contribution is 5.93. The Balaban J connectivity index is 1.42. The number of nitrogens with one attached hydrogen (secondary N) is 1. The number of rotatable bonds is 4. The molecule has 3 rings (SSSR count). The largest absolute Gasteiger partial charge is 0.445 e. The van der Waals surface area contributed by atoms with E-state index in [1.807, 2.05) is 48.5 Å². The Kier molecular flexibility index (Phi) is 6.11. The van der Waals surface area contributed by atoms with Crippen molar-refractivity contribution in [2.24, 2.45) is 0 Å². The van der Waals surface area contributed by atoms with Crippen molar-refractivity contribution in [2.75, 3.05) is 18.0 Å². The molecule has 1 heterocycles. The van der Waals surface area contributed by atoms with Crippen LogP contribution in [0.5, 0.6) is 0 Å². The number of fused-ring (bicyclic) bond motifs is 1. The molecular formula is C22H22N2O3. The Morgan fingerprint density at radius 3 is 2.78 bits per heavy atom. The Bertz CT molecular complexity index is 881. The minimum absolute atomic E-state index is 0.0674. The van der Waals surface area contributed by atoms with Crippen molar-refractivity contribution >= 4 is 17.7 Å². The van der Waals surface area contributed by atoms with E-state index < -0.39 is 6.09 Å². The zero-order valence-corrected chi connectivity index (χ0v) is 15.3. The second kappa shape index (κ2) is 8.91. The standard InChI is InChI=1S/C22H22N2O3/c1-17(25)24-14-12-20-15-18(10-11-21(20)24)7-5-6-13-23-22(26)27-16-19-8-3-2-4-9-19/h2-4,8-11,15H,6,12-14,16H2,1H3,(H,23,26). The van der Waals surface area contributed by atoms with Gasteiger partial charge in [0.25, 0.3) is 0 Å². The normalized spacial score (nSPS) is 12.0. The summed E-state index contributed by atoms with van der Waals surface area (Å²) in [5.41, 5.74) is 4.01. The number of hydrogen-bond acceptors (Lipinski definition) is 3. The maximum atomic E-state index is 11.6. The third-order valence-electron chi connectivity index (χ3n) is 4.32. The highest BCUT2D eigenvalue weighted by Gasteiger charge is 2.21. The first-order valence-electron chi connectivity index (χ1n) is 8.98. The highest BCUT2D eigenvalue weighted by Crippen LogP contribution is 2.28. The van der Waals surface area contributed by atoms with Gasteiger partial charge in [0, 0.05) is 37.7 Å². The van der Waals surface area contributed by atoms with Crippen molar-refractivity contribution in [2.45, 2.75) is 26.4 Å². The molecule has 1 aliphatic heterocycles. The molecule has 1 N–H and O–H groups in total. The monoisotopic (exact) mass is 362 g/mol. The number of nitrogens with zero attached hydrogens (tertiary/aromatic N) is 1. The number of alkyl carbamates (subject to hydrolysis) is 1. The summed E-state index contributed by atoms with van der Waals surface area (Å²) in [7, 11) is 0. The van der Waals surface area contributed by atoms with Crippen LogP contribution in [0.1, 0.15) is 30.0 Å². The molecule has 0 radical (unpaired) electrons. The van der Waals surface area contributed by atoms with Crippen molar-refractivity contribution in [3.63, 3.8) is 0 Å². The molecule has 0 unspecified atom stereocenters. The van der Waals surface area contributed by atoms with Gasteiger partial charge >= 0.3 is 6.09 Å². The molecule has 0 atom stereocenters. The van der Waals surface area contributed by atoms with E-state index in [4.69, 9.17) is 4.74 Å². The number of benzene rings is 2. The molecule has 0 saturated heterocycles. The van der Waals surface area contributed by atoms with Gasteiger partial charge < -0.3 is 15.0 Å². The van der Waals surface area contributed by atoms with Crippen LogP contribution in [0.4, 0.5) is 10.5 Å². The van der Waals surface area contributed by atoms with Gasteiger partial charge in [-0.2, -0.15) is 0 Å². The van der Waals surface area contributed by atoms with Gasteiger partial charge in [0.2, 0.25) is 5.91 Å². The molecule has 0 bridgehead atoms. The quantitative estimate of drug-likeness (QED) is 0.671. The zero-order chi connectivity index (χ0) is 19.1. The molecule has 0 spiro atoms. The third kappa shape index (κ3) is 5.11. The molecular weight excluding hydrogens is 340 g/mol. The molecule has 5 heteroatoms. The lowest BCUT2D eigenvalue weighted by molar-refractivity contribution is -0.116. The van der Waals surface area contributed by atoms with E-state index >= 15 is 0 Å². The van der Waals surface area contributed by atoms with Gasteiger partial charge in [0.05, 0.1) is 0 Å². The summed E-state index contributed by atoms with van der Waals surface area (Å²) in [5, 5.41) is 2.69. The summed E-state index contributed by atoms with van der Waals surface area (Å²) in [5.74, 6) is 6.23. The van der Waals surface area contributed by atoms with Crippen LogP contribution in [0.15, 0.2) is 48.5 Å². The van der Waals surface area contributed by atoms with Crippen LogP contribution in [-0.4, -0.2) is 25.1 Å². The van der Waals surface area contributed by atoms with E-state index in [1.54, 1.807) is 11.8 Å². The van der Waals surface area contributed by atoms with E-state index in [0.29, 0.717) is 13.0 Å². The van der Waals surface area contributed by atoms with Crippen LogP contribution >= 0.6 is 0 Å². The number of anilines is 1. The van der Waals surface area contributed by atoms with Crippen LogP contribution in [0.2, 0.25) is 0 Å². The fourth-order valence-corrected chi connectivity index (χ4v) is 2.97. The van der Waals surface area contributed by atoms with Gasteiger partial charge in [-0.05, 0) is 35.7 Å². The van der Waals surface area contributed by atoms with E-state index in [2.05, 4.69) is 17.2 Å². The van der Waals surface area contributed by atoms with Gasteiger partial charge in [0.15, 0.2) is 0 Å². The number of carbonyl (C=O) groups excluding carboxylic acids is 2. The van der Waals surface area contributed by atoms with E-state index in [9.17, 15) is 9.59 Å². The molecule has 2 amide bonds. The fraction of sp³-hybridized carbons (Fsp3) is 0.273. The summed E-state index contributed by atoms with van der Waals surface area (Å²) in [6.45, 7) is 3.01. The van der Waals surface area contributed by atoms with Gasteiger partial charge in [-0.1, -0.05) is 42.2 Å². The van der Waals surface area contributed by atoms with E-state index in [-0.39, 0.29) is 12.5 Å². The molecule has 0 saturated carbocycles. The smallest absolute Gasteiger partial charge is 0.407 e. The minimum Gasteiger partial charge on any atom is -0.445 e. The van der Waals surface area contributed by atoms with Crippen LogP contribution in [0.3, 0.4) is 0 Å². The molecule has 1 aliphatic rings. The Labute approximate surface area is 159 Å². The molecule has 27 heavy (non-hydrogen) atoms. The average Bonchev–Trinajstić information content (AvgIpc) is 3.10. The molecule has 5 nitrogen and oxygen atoms in total. The Hall–Kier alpha value is -3.26. The predicted octanol–water partition coefficient (Wildman–Crippen LogP) is 3.26. The SMILES string of the molecule is CC(=O)N1CCc2cc(C#CCCNC(=O)OCc3ccccc3)ccc21. The van der Waals surface area contributed by atoms with Crippen LogP contribution in [0, 0.1) is 11.8 Å². The summed E-state index contributed by atoms with van der Waals surface area (Å²) in [6, 6.07) is 15.5. The van der Waals surface area contributed by atoms with Crippen LogP contribution < -0.4 is 10.2 Å². The average molecular weight is 362 g/mol. The lowest BCUT2D eigenvalue weighted by Crippen LogP contribution is -2.25. The van der Waals surface area contributed by atoms with Crippen molar-refractivity contribution in [3.8, 4) is 11.8 Å². The summed E-state index contributed by atoms with van der Waals surface area (Å²) in [6.07, 6.45) is 0.957. The van der Waals surface area contributed by atoms with Gasteiger partial charge in [0.1, 0.15) is 6.61 Å². The minimum atomic E-state index is -0.442. The number of hydrogen-bond donors (Lipinski definition) is 1. The molecule has 2 aromatic rings. The number of amides is 2. The fourth-order valence-electron chi connectivity index (χ4n) is 2.97. The van der Waals surface area contributed by atoms with Gasteiger partial charge in [-0.3, -0.25) is 4.79 Å². The molecule has 0 aromatic heterocycles. The first kappa shape index (κ1) is 18.5. The molecule has 2 aromatic carbocycles. The van der Waals surface area contributed by atoms with Gasteiger partial charge in [-0.25, -0.2) is 4.79 Å². The van der Waals surface area contributed by atoms with E-state index in [0.717, 1.165) is 35.3 Å². The molecule has 138 valence electrons. The third-order valence-corrected chi connectivity index (χ3v) is 4.32. The van der Waals surface area contributed by atoms with Crippen LogP contribution in [0.25, 0.3) is 0 Å². The lowest BCUT2D eigenvalue weighted by atomic mass is 10.1.